The lowest BCUT2D eigenvalue weighted by atomic mass is 9.85. The van der Waals surface area contributed by atoms with Gasteiger partial charge in [0.1, 0.15) is 5.82 Å². The van der Waals surface area contributed by atoms with Crippen molar-refractivity contribution >= 4 is 5.82 Å². The lowest BCUT2D eigenvalue weighted by Crippen LogP contribution is -2.30. The molecule has 1 aliphatic rings. The molecule has 0 radical (unpaired) electrons. The van der Waals surface area contributed by atoms with Gasteiger partial charge < -0.3 is 10.0 Å². The predicted octanol–water partition coefficient (Wildman–Crippen LogP) is 1.81. The number of aliphatic hydroxyl groups is 1. The zero-order valence-corrected chi connectivity index (χ0v) is 9.19. The molecule has 3 heteroatoms. The molecule has 0 aliphatic heterocycles. The van der Waals surface area contributed by atoms with Crippen molar-refractivity contribution in [2.75, 3.05) is 18.5 Å². The van der Waals surface area contributed by atoms with E-state index in [2.05, 4.69) is 16.9 Å². The molecule has 3 nitrogen and oxygen atoms in total. The Morgan fingerprint density at radius 3 is 2.93 bits per heavy atom. The van der Waals surface area contributed by atoms with E-state index in [4.69, 9.17) is 0 Å². The molecule has 0 saturated heterocycles. The highest BCUT2D eigenvalue weighted by Crippen LogP contribution is 2.28. The van der Waals surface area contributed by atoms with Gasteiger partial charge in [-0.15, -0.1) is 0 Å². The van der Waals surface area contributed by atoms with Crippen LogP contribution in [0.5, 0.6) is 0 Å². The number of nitrogens with zero attached hydrogens (tertiary/aromatic N) is 2. The van der Waals surface area contributed by atoms with Gasteiger partial charge in [-0.05, 0) is 24.8 Å². The third-order valence-electron chi connectivity index (χ3n) is 3.16. The van der Waals surface area contributed by atoms with Crippen LogP contribution < -0.4 is 4.90 Å². The van der Waals surface area contributed by atoms with Crippen LogP contribution in [-0.2, 0) is 6.61 Å². The highest BCUT2D eigenvalue weighted by molar-refractivity contribution is 5.45. The van der Waals surface area contributed by atoms with Crippen LogP contribution in [0.15, 0.2) is 18.3 Å². The average Bonchev–Trinajstić information content (AvgIpc) is 2.23. The zero-order valence-electron chi connectivity index (χ0n) is 9.19. The quantitative estimate of drug-likeness (QED) is 0.816. The molecule has 1 fully saturated rings. The topological polar surface area (TPSA) is 36.4 Å². The van der Waals surface area contributed by atoms with Crippen LogP contribution in [0.3, 0.4) is 0 Å². The second kappa shape index (κ2) is 4.62. The summed E-state index contributed by atoms with van der Waals surface area (Å²) in [6.07, 6.45) is 5.83. The molecule has 82 valence electrons. The van der Waals surface area contributed by atoms with Crippen LogP contribution in [-0.4, -0.2) is 23.7 Å². The summed E-state index contributed by atoms with van der Waals surface area (Å²) >= 11 is 0. The van der Waals surface area contributed by atoms with Crippen LogP contribution >= 0.6 is 0 Å². The van der Waals surface area contributed by atoms with Crippen LogP contribution in [0, 0.1) is 5.92 Å². The van der Waals surface area contributed by atoms with Gasteiger partial charge in [0.05, 0.1) is 6.61 Å². The monoisotopic (exact) mass is 206 g/mol. The Kier molecular flexibility index (Phi) is 3.21. The highest BCUT2D eigenvalue weighted by Gasteiger charge is 2.20. The Labute approximate surface area is 90.8 Å². The predicted molar refractivity (Wildman–Crippen MR) is 60.8 cm³/mol. The van der Waals surface area contributed by atoms with Crippen molar-refractivity contribution < 1.29 is 5.11 Å². The number of pyridine rings is 1. The second-order valence-electron chi connectivity index (χ2n) is 4.32. The fourth-order valence-electron chi connectivity index (χ4n) is 2.05. The molecule has 1 N–H and O–H groups in total. The molecule has 0 atom stereocenters. The summed E-state index contributed by atoms with van der Waals surface area (Å²) in [4.78, 5) is 6.49. The van der Waals surface area contributed by atoms with Gasteiger partial charge >= 0.3 is 0 Å². The van der Waals surface area contributed by atoms with Gasteiger partial charge in [0, 0.05) is 25.4 Å². The Morgan fingerprint density at radius 1 is 1.53 bits per heavy atom. The van der Waals surface area contributed by atoms with E-state index < -0.39 is 0 Å². The van der Waals surface area contributed by atoms with Crippen molar-refractivity contribution in [2.24, 2.45) is 5.92 Å². The molecule has 1 heterocycles. The minimum absolute atomic E-state index is 0.0676. The third-order valence-corrected chi connectivity index (χ3v) is 3.16. The van der Waals surface area contributed by atoms with E-state index in [-0.39, 0.29) is 6.61 Å². The van der Waals surface area contributed by atoms with E-state index in [1.54, 1.807) is 6.20 Å². The van der Waals surface area contributed by atoms with Crippen molar-refractivity contribution in [1.29, 1.82) is 0 Å². The summed E-state index contributed by atoms with van der Waals surface area (Å²) in [6.45, 7) is 1.13. The summed E-state index contributed by atoms with van der Waals surface area (Å²) < 4.78 is 0. The first-order valence-electron chi connectivity index (χ1n) is 5.57. The van der Waals surface area contributed by atoms with Gasteiger partial charge in [-0.2, -0.15) is 0 Å². The molecular formula is C12H18N2O. The molecule has 1 aromatic rings. The maximum Gasteiger partial charge on any atom is 0.133 e. The number of aromatic nitrogens is 1. The average molecular weight is 206 g/mol. The van der Waals surface area contributed by atoms with Crippen molar-refractivity contribution in [3.8, 4) is 0 Å². The standard InChI is InChI=1S/C12H18N2O/c1-14(8-10-4-2-5-10)12-11(9-15)6-3-7-13-12/h3,6-7,10,15H,2,4-5,8-9H2,1H3. The molecule has 0 spiro atoms. The van der Waals surface area contributed by atoms with Crippen LogP contribution in [0.25, 0.3) is 0 Å². The lowest BCUT2D eigenvalue weighted by molar-refractivity contribution is 0.280. The van der Waals surface area contributed by atoms with Gasteiger partial charge in [-0.1, -0.05) is 12.5 Å². The molecular weight excluding hydrogens is 188 g/mol. The maximum absolute atomic E-state index is 9.21. The number of hydrogen-bond acceptors (Lipinski definition) is 3. The summed E-state index contributed by atoms with van der Waals surface area (Å²) in [5.74, 6) is 1.75. The van der Waals surface area contributed by atoms with E-state index in [1.165, 1.54) is 19.3 Å². The molecule has 1 aromatic heterocycles. The number of anilines is 1. The fraction of sp³-hybridized carbons (Fsp3) is 0.583. The molecule has 1 aliphatic carbocycles. The maximum atomic E-state index is 9.21. The summed E-state index contributed by atoms with van der Waals surface area (Å²) in [6, 6.07) is 3.80. The first-order valence-corrected chi connectivity index (χ1v) is 5.57. The van der Waals surface area contributed by atoms with Crippen molar-refractivity contribution in [1.82, 2.24) is 4.98 Å². The number of hydrogen-bond donors (Lipinski definition) is 1. The minimum atomic E-state index is 0.0676. The molecule has 0 unspecified atom stereocenters. The van der Waals surface area contributed by atoms with Crippen molar-refractivity contribution in [2.45, 2.75) is 25.9 Å². The minimum Gasteiger partial charge on any atom is -0.392 e. The second-order valence-corrected chi connectivity index (χ2v) is 4.32. The smallest absolute Gasteiger partial charge is 0.133 e. The largest absolute Gasteiger partial charge is 0.392 e. The van der Waals surface area contributed by atoms with Crippen LogP contribution in [0.1, 0.15) is 24.8 Å². The lowest BCUT2D eigenvalue weighted by Gasteiger charge is -2.31. The fourth-order valence-corrected chi connectivity index (χ4v) is 2.05. The van der Waals surface area contributed by atoms with Gasteiger partial charge in [0.2, 0.25) is 0 Å². The highest BCUT2D eigenvalue weighted by atomic mass is 16.3. The number of rotatable bonds is 4. The van der Waals surface area contributed by atoms with Gasteiger partial charge in [0.15, 0.2) is 0 Å². The van der Waals surface area contributed by atoms with Crippen molar-refractivity contribution in [3.63, 3.8) is 0 Å². The summed E-state index contributed by atoms with van der Waals surface area (Å²) in [5.41, 5.74) is 0.916. The molecule has 0 bridgehead atoms. The normalized spacial score (nSPS) is 16.1. The van der Waals surface area contributed by atoms with E-state index >= 15 is 0 Å². The van der Waals surface area contributed by atoms with Gasteiger partial charge in [-0.25, -0.2) is 4.98 Å². The Hall–Kier alpha value is -1.09. The third kappa shape index (κ3) is 2.29. The first kappa shape index (κ1) is 10.4. The molecule has 0 aromatic carbocycles. The molecule has 1 saturated carbocycles. The van der Waals surface area contributed by atoms with Crippen LogP contribution in [0.2, 0.25) is 0 Å². The van der Waals surface area contributed by atoms with E-state index in [1.807, 2.05) is 12.1 Å². The molecule has 2 rings (SSSR count). The van der Waals surface area contributed by atoms with E-state index in [9.17, 15) is 5.11 Å². The van der Waals surface area contributed by atoms with E-state index in [0.29, 0.717) is 0 Å². The first-order chi connectivity index (χ1) is 7.31. The summed E-state index contributed by atoms with van der Waals surface area (Å²) in [7, 11) is 2.06. The molecule has 15 heavy (non-hydrogen) atoms. The van der Waals surface area contributed by atoms with Gasteiger partial charge in [0.25, 0.3) is 0 Å². The Bertz CT molecular complexity index is 323. The van der Waals surface area contributed by atoms with E-state index in [0.717, 1.165) is 23.8 Å². The van der Waals surface area contributed by atoms with Gasteiger partial charge in [-0.3, -0.25) is 0 Å². The summed E-state index contributed by atoms with van der Waals surface area (Å²) in [5, 5.41) is 9.21. The Morgan fingerprint density at radius 2 is 2.33 bits per heavy atom. The zero-order chi connectivity index (χ0) is 10.7. The SMILES string of the molecule is CN(CC1CCC1)c1ncccc1CO. The van der Waals surface area contributed by atoms with Crippen molar-refractivity contribution in [3.05, 3.63) is 23.9 Å². The number of aliphatic hydroxyl groups excluding tert-OH is 1. The Balaban J connectivity index is 2.05. The molecule has 0 amide bonds. The van der Waals surface area contributed by atoms with Crippen LogP contribution in [0.4, 0.5) is 5.82 Å².